The van der Waals surface area contributed by atoms with Gasteiger partial charge in [-0.15, -0.1) is 0 Å². The number of rotatable bonds is 7. The molecule has 3 aromatic rings. The van der Waals surface area contributed by atoms with Gasteiger partial charge in [0.05, 0.1) is 25.0 Å². The van der Waals surface area contributed by atoms with Crippen LogP contribution >= 0.6 is 23.2 Å². The Morgan fingerprint density at radius 2 is 1.71 bits per heavy atom. The van der Waals surface area contributed by atoms with E-state index in [4.69, 9.17) is 32.7 Å². The van der Waals surface area contributed by atoms with E-state index in [9.17, 15) is 19.2 Å². The summed E-state index contributed by atoms with van der Waals surface area (Å²) in [6.07, 6.45) is 1.74. The molecular weight excluding hydrogens is 531 g/mol. The van der Waals surface area contributed by atoms with Crippen molar-refractivity contribution in [1.29, 1.82) is 0 Å². The Kier molecular flexibility index (Phi) is 8.14. The number of barbiturate groups is 1. The fourth-order valence-electron chi connectivity index (χ4n) is 3.92. The Balaban J connectivity index is 1.66. The molecule has 1 aliphatic rings. The topological polar surface area (TPSA) is 102 Å². The highest BCUT2D eigenvalue weighted by molar-refractivity contribution is 6.39. The van der Waals surface area contributed by atoms with Crippen LogP contribution in [0, 0.1) is 0 Å². The molecule has 8 nitrogen and oxygen atoms in total. The zero-order valence-electron chi connectivity index (χ0n) is 20.4. The number of anilines is 1. The van der Waals surface area contributed by atoms with Gasteiger partial charge in [0.15, 0.2) is 0 Å². The molecular formula is C28H22Cl2N2O6. The normalized spacial score (nSPS) is 14.5. The predicted molar refractivity (Wildman–Crippen MR) is 144 cm³/mol. The van der Waals surface area contributed by atoms with E-state index < -0.39 is 23.8 Å². The van der Waals surface area contributed by atoms with Gasteiger partial charge in [-0.3, -0.25) is 14.9 Å². The van der Waals surface area contributed by atoms with Crippen LogP contribution in [0.15, 0.2) is 66.2 Å². The Morgan fingerprint density at radius 3 is 2.37 bits per heavy atom. The molecule has 0 aromatic heterocycles. The Hall–Kier alpha value is -4.14. The zero-order valence-corrected chi connectivity index (χ0v) is 21.9. The summed E-state index contributed by atoms with van der Waals surface area (Å²) in [4.78, 5) is 51.1. The van der Waals surface area contributed by atoms with Crippen LogP contribution in [-0.4, -0.2) is 37.5 Å². The van der Waals surface area contributed by atoms with E-state index in [0.29, 0.717) is 33.3 Å². The molecule has 38 heavy (non-hydrogen) atoms. The van der Waals surface area contributed by atoms with Gasteiger partial charge >= 0.3 is 12.0 Å². The van der Waals surface area contributed by atoms with Crippen LogP contribution in [0.1, 0.15) is 34.0 Å². The maximum Gasteiger partial charge on any atom is 0.338 e. The molecule has 0 saturated carbocycles. The number of hydrogen-bond donors (Lipinski definition) is 1. The van der Waals surface area contributed by atoms with Crippen LogP contribution in [0.2, 0.25) is 10.0 Å². The van der Waals surface area contributed by atoms with Crippen molar-refractivity contribution < 1.29 is 28.7 Å². The van der Waals surface area contributed by atoms with Crippen molar-refractivity contribution in [2.45, 2.75) is 13.3 Å². The number of carbonyl (C=O) groups is 4. The second-order valence-corrected chi connectivity index (χ2v) is 8.99. The number of nitrogens with zero attached hydrogens (tertiary/aromatic N) is 1. The van der Waals surface area contributed by atoms with E-state index >= 15 is 0 Å². The summed E-state index contributed by atoms with van der Waals surface area (Å²) < 4.78 is 10.5. The van der Waals surface area contributed by atoms with Crippen LogP contribution in [-0.2, 0) is 20.7 Å². The van der Waals surface area contributed by atoms with Crippen molar-refractivity contribution in [3.8, 4) is 5.75 Å². The summed E-state index contributed by atoms with van der Waals surface area (Å²) in [7, 11) is 1.48. The monoisotopic (exact) mass is 552 g/mol. The van der Waals surface area contributed by atoms with E-state index in [1.165, 1.54) is 37.5 Å². The average molecular weight is 553 g/mol. The van der Waals surface area contributed by atoms with Crippen LogP contribution < -0.4 is 15.0 Å². The van der Waals surface area contributed by atoms with Gasteiger partial charge in [0, 0.05) is 22.0 Å². The summed E-state index contributed by atoms with van der Waals surface area (Å²) in [5.74, 6) is -1.78. The molecule has 0 aliphatic carbocycles. The van der Waals surface area contributed by atoms with Gasteiger partial charge in [-0.2, -0.15) is 0 Å². The molecule has 1 saturated heterocycles. The first-order valence-corrected chi connectivity index (χ1v) is 12.3. The summed E-state index contributed by atoms with van der Waals surface area (Å²) in [6, 6.07) is 15.4. The lowest BCUT2D eigenvalue weighted by molar-refractivity contribution is -0.122. The first-order valence-electron chi connectivity index (χ1n) is 11.5. The van der Waals surface area contributed by atoms with Gasteiger partial charge in [-0.1, -0.05) is 41.4 Å². The number of nitrogens with one attached hydrogen (secondary N) is 1. The second kappa shape index (κ2) is 11.5. The van der Waals surface area contributed by atoms with Gasteiger partial charge in [0.2, 0.25) is 0 Å². The van der Waals surface area contributed by atoms with Crippen LogP contribution in [0.5, 0.6) is 5.75 Å². The molecule has 10 heteroatoms. The minimum atomic E-state index is -0.910. The maximum atomic E-state index is 13.3. The van der Waals surface area contributed by atoms with Crippen LogP contribution in [0.4, 0.5) is 10.5 Å². The van der Waals surface area contributed by atoms with Gasteiger partial charge in [-0.25, -0.2) is 14.5 Å². The zero-order chi connectivity index (χ0) is 27.4. The largest absolute Gasteiger partial charge is 0.496 e. The van der Waals surface area contributed by atoms with Gasteiger partial charge in [0.25, 0.3) is 11.8 Å². The molecule has 1 N–H and O–H groups in total. The Labute approximate surface area is 228 Å². The highest BCUT2D eigenvalue weighted by atomic mass is 35.5. The SMILES string of the molecule is CCOC(=O)c1ccc(N2C(=O)NC(=O)/C(=C\c3cc(Cl)c(Cc4ccccc4Cl)c(OC)c3)C2=O)cc1. The van der Waals surface area contributed by atoms with Gasteiger partial charge < -0.3 is 9.47 Å². The fourth-order valence-corrected chi connectivity index (χ4v) is 4.41. The smallest absolute Gasteiger partial charge is 0.338 e. The molecule has 0 atom stereocenters. The summed E-state index contributed by atoms with van der Waals surface area (Å²) in [5.41, 5.74) is 2.10. The molecule has 1 fully saturated rings. The lowest BCUT2D eigenvalue weighted by Gasteiger charge is -2.26. The van der Waals surface area contributed by atoms with E-state index in [-0.39, 0.29) is 23.4 Å². The molecule has 4 rings (SSSR count). The summed E-state index contributed by atoms with van der Waals surface area (Å²) in [6.45, 7) is 1.89. The Bertz CT molecular complexity index is 1470. The van der Waals surface area contributed by atoms with E-state index in [0.717, 1.165) is 10.5 Å². The third-order valence-corrected chi connectivity index (χ3v) is 6.48. The summed E-state index contributed by atoms with van der Waals surface area (Å²) >= 11 is 12.9. The first kappa shape index (κ1) is 26.9. The van der Waals surface area contributed by atoms with Crippen molar-refractivity contribution in [3.05, 3.63) is 98.5 Å². The number of methoxy groups -OCH3 is 1. The maximum absolute atomic E-state index is 13.3. The van der Waals surface area contributed by atoms with Crippen molar-refractivity contribution >= 4 is 58.8 Å². The highest BCUT2D eigenvalue weighted by Crippen LogP contribution is 2.33. The van der Waals surface area contributed by atoms with Crippen molar-refractivity contribution in [2.24, 2.45) is 0 Å². The number of carbonyl (C=O) groups excluding carboxylic acids is 4. The fraction of sp³-hybridized carbons (Fsp3) is 0.143. The number of benzene rings is 3. The molecule has 0 spiro atoms. The van der Waals surface area contributed by atoms with Gasteiger partial charge in [0.1, 0.15) is 11.3 Å². The summed E-state index contributed by atoms with van der Waals surface area (Å²) in [5, 5.41) is 3.10. The minimum absolute atomic E-state index is 0.171. The standard InChI is InChI=1S/C28H22Cl2N2O6/c1-3-38-27(35)17-8-10-19(11-9-17)32-26(34)21(25(33)31-28(32)36)12-16-13-23(30)20(24(14-16)37-2)15-18-6-4-5-7-22(18)29/h4-14H,3,15H2,1-2H3,(H,31,33,36)/b21-12+. The van der Waals surface area contributed by atoms with E-state index in [1.54, 1.807) is 25.1 Å². The third kappa shape index (κ3) is 5.56. The second-order valence-electron chi connectivity index (χ2n) is 8.18. The predicted octanol–water partition coefficient (Wildman–Crippen LogP) is 5.44. The number of esters is 1. The molecule has 3 aromatic carbocycles. The number of urea groups is 1. The van der Waals surface area contributed by atoms with Crippen LogP contribution in [0.3, 0.4) is 0 Å². The third-order valence-electron chi connectivity index (χ3n) is 5.77. The van der Waals surface area contributed by atoms with Crippen molar-refractivity contribution in [1.82, 2.24) is 5.32 Å². The molecule has 194 valence electrons. The molecule has 0 bridgehead atoms. The quantitative estimate of drug-likeness (QED) is 0.238. The van der Waals surface area contributed by atoms with Crippen molar-refractivity contribution in [3.63, 3.8) is 0 Å². The number of imide groups is 2. The van der Waals surface area contributed by atoms with Crippen molar-refractivity contribution in [2.75, 3.05) is 18.6 Å². The highest BCUT2D eigenvalue weighted by Gasteiger charge is 2.37. The molecule has 1 heterocycles. The molecule has 4 amide bonds. The van der Waals surface area contributed by atoms with Gasteiger partial charge in [-0.05, 0) is 66.6 Å². The number of ether oxygens (including phenoxy) is 2. The molecule has 0 unspecified atom stereocenters. The lowest BCUT2D eigenvalue weighted by atomic mass is 10.00. The Morgan fingerprint density at radius 1 is 1.00 bits per heavy atom. The number of halogens is 2. The first-order chi connectivity index (χ1) is 18.2. The average Bonchev–Trinajstić information content (AvgIpc) is 2.89. The minimum Gasteiger partial charge on any atom is -0.496 e. The van der Waals surface area contributed by atoms with E-state index in [1.807, 2.05) is 18.2 Å². The number of hydrogen-bond acceptors (Lipinski definition) is 6. The van der Waals surface area contributed by atoms with Crippen LogP contribution in [0.25, 0.3) is 6.08 Å². The van der Waals surface area contributed by atoms with E-state index in [2.05, 4.69) is 5.32 Å². The molecule has 1 aliphatic heterocycles. The number of amides is 4. The molecule has 0 radical (unpaired) electrons. The lowest BCUT2D eigenvalue weighted by Crippen LogP contribution is -2.54.